The maximum Gasteiger partial charge on any atom is 0.120 e. The van der Waals surface area contributed by atoms with E-state index in [1.807, 2.05) is 30.3 Å². The molecule has 2 N–H and O–H groups in total. The fraction of sp³-hybridized carbons (Fsp3) is 0.250. The second-order valence-electron chi connectivity index (χ2n) is 5.96. The number of aliphatic hydroxyl groups excluding tert-OH is 1. The average Bonchev–Trinajstić information content (AvgIpc) is 3.05. The quantitative estimate of drug-likeness (QED) is 0.410. The maximum atomic E-state index is 10.3. The lowest BCUT2D eigenvalue weighted by molar-refractivity contribution is 0.195. The van der Waals surface area contributed by atoms with Crippen molar-refractivity contribution in [1.29, 1.82) is 0 Å². The van der Waals surface area contributed by atoms with E-state index in [2.05, 4.69) is 24.0 Å². The molecular formula is C20H21NO2S3. The number of nitrogens with zero attached hydrogens (tertiary/aromatic N) is 1. The summed E-state index contributed by atoms with van der Waals surface area (Å²) in [4.78, 5) is 3.24. The Labute approximate surface area is 166 Å². The Balaban J connectivity index is 2.01. The molecule has 0 saturated carbocycles. The fourth-order valence-electron chi connectivity index (χ4n) is 2.89. The first-order chi connectivity index (χ1) is 12.6. The van der Waals surface area contributed by atoms with Gasteiger partial charge >= 0.3 is 0 Å². The lowest BCUT2D eigenvalue weighted by atomic mass is 10.0. The van der Waals surface area contributed by atoms with Gasteiger partial charge in [-0.05, 0) is 35.9 Å². The number of phenolic OH excluding ortho intramolecular Hbond substituents is 1. The topological polar surface area (TPSA) is 43.7 Å². The molecule has 3 aromatic rings. The second-order valence-corrected chi connectivity index (χ2v) is 8.78. The summed E-state index contributed by atoms with van der Waals surface area (Å²) < 4.78 is 0.890. The van der Waals surface area contributed by atoms with Gasteiger partial charge in [-0.2, -0.15) is 0 Å². The van der Waals surface area contributed by atoms with E-state index < -0.39 is 0 Å². The third-order valence-electron chi connectivity index (χ3n) is 4.29. The molecule has 0 radical (unpaired) electrons. The first-order valence-electron chi connectivity index (χ1n) is 8.48. The van der Waals surface area contributed by atoms with Crippen molar-refractivity contribution in [2.75, 3.05) is 19.7 Å². The van der Waals surface area contributed by atoms with Crippen LogP contribution in [0.1, 0.15) is 12.5 Å². The Bertz CT molecular complexity index is 918. The van der Waals surface area contributed by atoms with Crippen molar-refractivity contribution in [3.8, 4) is 27.3 Å². The summed E-state index contributed by atoms with van der Waals surface area (Å²) in [5.41, 5.74) is 4.14. The zero-order chi connectivity index (χ0) is 18.5. The molecule has 0 unspecified atom stereocenters. The van der Waals surface area contributed by atoms with Gasteiger partial charge in [-0.25, -0.2) is 0 Å². The van der Waals surface area contributed by atoms with Crippen molar-refractivity contribution in [3.05, 3.63) is 57.9 Å². The highest BCUT2D eigenvalue weighted by Gasteiger charge is 2.15. The molecule has 0 fully saturated rings. The van der Waals surface area contributed by atoms with Crippen LogP contribution in [0.25, 0.3) is 21.6 Å². The van der Waals surface area contributed by atoms with Crippen LogP contribution in [-0.2, 0) is 6.54 Å². The third-order valence-corrected chi connectivity index (χ3v) is 7.36. The Morgan fingerprint density at radius 1 is 1.04 bits per heavy atom. The first kappa shape index (κ1) is 19.2. The van der Waals surface area contributed by atoms with Crippen LogP contribution >= 0.6 is 32.9 Å². The Hall–Kier alpha value is -1.57. The highest BCUT2D eigenvalue weighted by atomic mass is 32.9. The monoisotopic (exact) mass is 403 g/mol. The van der Waals surface area contributed by atoms with Crippen LogP contribution in [0.5, 0.6) is 5.75 Å². The minimum Gasteiger partial charge on any atom is -0.508 e. The molecule has 6 heteroatoms. The number of rotatable bonds is 7. The van der Waals surface area contributed by atoms with Crippen molar-refractivity contribution in [2.24, 2.45) is 0 Å². The average molecular weight is 404 g/mol. The van der Waals surface area contributed by atoms with Gasteiger partial charge in [-0.3, -0.25) is 4.90 Å². The van der Waals surface area contributed by atoms with Crippen LogP contribution in [0.3, 0.4) is 0 Å². The highest BCUT2D eigenvalue weighted by Crippen LogP contribution is 2.42. The van der Waals surface area contributed by atoms with Crippen LogP contribution in [0.2, 0.25) is 0 Å². The van der Waals surface area contributed by atoms with E-state index in [0.29, 0.717) is 13.1 Å². The lowest BCUT2D eigenvalue weighted by Crippen LogP contribution is -2.26. The van der Waals surface area contributed by atoms with Crippen molar-refractivity contribution >= 4 is 32.9 Å². The third kappa shape index (κ3) is 4.22. The molecule has 26 heavy (non-hydrogen) atoms. The molecular weight excluding hydrogens is 382 g/mol. The van der Waals surface area contributed by atoms with Gasteiger partial charge in [0.15, 0.2) is 0 Å². The summed E-state index contributed by atoms with van der Waals surface area (Å²) in [7, 11) is 3.28. The predicted molar refractivity (Wildman–Crippen MR) is 114 cm³/mol. The van der Waals surface area contributed by atoms with Crippen molar-refractivity contribution in [2.45, 2.75) is 13.5 Å². The largest absolute Gasteiger partial charge is 0.508 e. The smallest absolute Gasteiger partial charge is 0.120 e. The molecule has 136 valence electrons. The summed E-state index contributed by atoms with van der Waals surface area (Å²) in [6, 6.07) is 15.9. The maximum absolute atomic E-state index is 10.3. The highest BCUT2D eigenvalue weighted by molar-refractivity contribution is 7.80. The van der Waals surface area contributed by atoms with Crippen molar-refractivity contribution < 1.29 is 10.2 Å². The van der Waals surface area contributed by atoms with Crippen molar-refractivity contribution in [1.82, 2.24) is 4.90 Å². The molecule has 0 aliphatic heterocycles. The summed E-state index contributed by atoms with van der Waals surface area (Å²) in [5, 5.41) is 19.5. The van der Waals surface area contributed by atoms with Gasteiger partial charge in [0, 0.05) is 24.2 Å². The number of likely N-dealkylation sites (N-methyl/N-ethyl adjacent to an activating group) is 1. The number of aromatic hydroxyl groups is 1. The van der Waals surface area contributed by atoms with E-state index in [1.165, 1.54) is 0 Å². The van der Waals surface area contributed by atoms with E-state index in [9.17, 15) is 10.2 Å². The fourth-order valence-corrected chi connectivity index (χ4v) is 5.80. The molecule has 1 aromatic heterocycles. The van der Waals surface area contributed by atoms with Gasteiger partial charge in [-0.15, -0.1) is 0 Å². The molecule has 0 spiro atoms. The SMILES string of the molecule is CCN(CCO)Cc1cc(-c2ssc(=S)c2-c2ccccc2)ccc1O. The number of aliphatic hydroxyl groups is 1. The van der Waals surface area contributed by atoms with E-state index in [0.717, 1.165) is 37.5 Å². The Morgan fingerprint density at radius 2 is 1.81 bits per heavy atom. The van der Waals surface area contributed by atoms with Gasteiger partial charge < -0.3 is 10.2 Å². The molecule has 0 atom stereocenters. The van der Waals surface area contributed by atoms with E-state index in [4.69, 9.17) is 12.2 Å². The van der Waals surface area contributed by atoms with Gasteiger partial charge in [0.25, 0.3) is 0 Å². The molecule has 1 heterocycles. The molecule has 0 saturated heterocycles. The van der Waals surface area contributed by atoms with Crippen LogP contribution < -0.4 is 0 Å². The number of hydrogen-bond acceptors (Lipinski definition) is 6. The van der Waals surface area contributed by atoms with Gasteiger partial charge in [0.05, 0.1) is 11.5 Å². The summed E-state index contributed by atoms with van der Waals surface area (Å²) in [5.74, 6) is 0.283. The summed E-state index contributed by atoms with van der Waals surface area (Å²) in [6.45, 7) is 4.17. The number of benzene rings is 2. The van der Waals surface area contributed by atoms with Crippen molar-refractivity contribution in [3.63, 3.8) is 0 Å². The zero-order valence-corrected chi connectivity index (χ0v) is 17.0. The van der Waals surface area contributed by atoms with Gasteiger partial charge in [-0.1, -0.05) is 70.2 Å². The van der Waals surface area contributed by atoms with Crippen LogP contribution in [-0.4, -0.2) is 34.8 Å². The van der Waals surface area contributed by atoms with E-state index >= 15 is 0 Å². The normalized spacial score (nSPS) is 11.2. The van der Waals surface area contributed by atoms with Crippen LogP contribution in [0.4, 0.5) is 0 Å². The first-order valence-corrected chi connectivity index (χ1v) is 11.0. The molecule has 0 bridgehead atoms. The predicted octanol–water partition coefficient (Wildman–Crippen LogP) is 5.39. The molecule has 0 amide bonds. The number of phenols is 1. The van der Waals surface area contributed by atoms with E-state index in [-0.39, 0.29) is 12.4 Å². The van der Waals surface area contributed by atoms with E-state index in [1.54, 1.807) is 26.7 Å². The van der Waals surface area contributed by atoms with Gasteiger partial charge in [0.2, 0.25) is 0 Å². The minimum absolute atomic E-state index is 0.109. The zero-order valence-electron chi connectivity index (χ0n) is 14.5. The van der Waals surface area contributed by atoms with Crippen LogP contribution in [0.15, 0.2) is 48.5 Å². The Kier molecular flexibility index (Phi) is 6.56. The second kappa shape index (κ2) is 8.88. The summed E-state index contributed by atoms with van der Waals surface area (Å²) in [6.07, 6.45) is 0. The molecule has 0 aliphatic carbocycles. The molecule has 3 rings (SSSR count). The lowest BCUT2D eigenvalue weighted by Gasteiger charge is -2.20. The summed E-state index contributed by atoms with van der Waals surface area (Å²) >= 11 is 5.58. The minimum atomic E-state index is 0.109. The van der Waals surface area contributed by atoms with Gasteiger partial charge in [0.1, 0.15) is 9.57 Å². The standard InChI is InChI=1S/C20H21NO2S3/c1-2-21(10-11-22)13-16-12-15(8-9-17(16)23)19-18(20(24)26-25-19)14-6-4-3-5-7-14/h3-9,12,22-23H,2,10-11,13H2,1H3. The molecule has 3 nitrogen and oxygen atoms in total. The molecule has 0 aliphatic rings. The molecule has 2 aromatic carbocycles. The Morgan fingerprint density at radius 3 is 2.50 bits per heavy atom. The van der Waals surface area contributed by atoms with Crippen LogP contribution in [0, 0.1) is 3.82 Å². The number of hydrogen-bond donors (Lipinski definition) is 2.